The van der Waals surface area contributed by atoms with E-state index in [9.17, 15) is 34.9 Å². The van der Waals surface area contributed by atoms with Crippen LogP contribution in [0.4, 0.5) is 5.69 Å². The van der Waals surface area contributed by atoms with Crippen LogP contribution in [0.5, 0.6) is 0 Å². The summed E-state index contributed by atoms with van der Waals surface area (Å²) in [7, 11) is -4.44. The number of non-ortho nitro benzene ring substituents is 1. The zero-order valence-electron chi connectivity index (χ0n) is 29.9. The number of hydrogen-bond acceptors (Lipinski definition) is 16. The van der Waals surface area contributed by atoms with Crippen molar-refractivity contribution in [1.29, 1.82) is 5.26 Å². The number of nitriles is 1. The molecule has 1 aliphatic heterocycles. The van der Waals surface area contributed by atoms with E-state index in [4.69, 9.17) is 34.9 Å². The molecule has 0 amide bonds. The fourth-order valence-corrected chi connectivity index (χ4v) is 8.95. The van der Waals surface area contributed by atoms with Gasteiger partial charge in [0.25, 0.3) is 11.2 Å². The fourth-order valence-electron chi connectivity index (χ4n) is 7.37. The molecule has 2 N–H and O–H groups in total. The van der Waals surface area contributed by atoms with Crippen LogP contribution in [0.25, 0.3) is 28.1 Å². The van der Waals surface area contributed by atoms with Crippen LogP contribution in [0, 0.1) is 33.3 Å². The molecule has 298 valence electrons. The molecule has 0 radical (unpaired) electrons. The Morgan fingerprint density at radius 2 is 1.82 bits per heavy atom. The maximum absolute atomic E-state index is 14.3. The SMILES string of the molecule is N#CCCOP(=O)(OC[C@H]1C[C@@H](n2cnc3c(Cl)ncnc32)[C@@H]1CO)O[C@@H]1C[C@@H](CO)OC1n1cnc2c(=O)n3ccn(CCc4ccc([N+](=O)[O-])cc4)c3nc21. The van der Waals surface area contributed by atoms with Crippen LogP contribution in [-0.2, 0) is 35.8 Å². The van der Waals surface area contributed by atoms with E-state index in [0.717, 1.165) is 5.56 Å². The number of fused-ring (bicyclic) bond motifs is 3. The third kappa shape index (κ3) is 7.42. The number of hydrogen-bond donors (Lipinski definition) is 2. The maximum atomic E-state index is 14.3. The van der Waals surface area contributed by atoms with E-state index in [2.05, 4.69) is 19.9 Å². The molecule has 8 rings (SSSR count). The van der Waals surface area contributed by atoms with Crippen molar-refractivity contribution in [2.45, 2.75) is 56.7 Å². The molecule has 2 aliphatic rings. The first-order chi connectivity index (χ1) is 27.6. The van der Waals surface area contributed by atoms with Crippen molar-refractivity contribution < 1.29 is 38.0 Å². The molecule has 0 spiro atoms. The van der Waals surface area contributed by atoms with E-state index in [1.165, 1.54) is 33.8 Å². The monoisotopic (exact) mass is 823 g/mol. The van der Waals surface area contributed by atoms with E-state index in [-0.39, 0.29) is 78.3 Å². The third-order valence-corrected chi connectivity index (χ3v) is 12.1. The molecule has 2 fully saturated rings. The molecule has 21 nitrogen and oxygen atoms in total. The van der Waals surface area contributed by atoms with E-state index in [1.54, 1.807) is 35.4 Å². The summed E-state index contributed by atoms with van der Waals surface area (Å²) in [4.78, 5) is 45.9. The van der Waals surface area contributed by atoms with Gasteiger partial charge in [0, 0.05) is 56.1 Å². The highest BCUT2D eigenvalue weighted by atomic mass is 35.5. The summed E-state index contributed by atoms with van der Waals surface area (Å²) >= 11 is 6.18. The Kier molecular flexibility index (Phi) is 10.9. The summed E-state index contributed by atoms with van der Waals surface area (Å²) in [6.45, 7) is -0.635. The Morgan fingerprint density at radius 1 is 1.04 bits per heavy atom. The number of ether oxygens (including phenoxy) is 1. The number of phosphoric ester groups is 1. The second-order valence-corrected chi connectivity index (χ2v) is 15.6. The summed E-state index contributed by atoms with van der Waals surface area (Å²) in [6.07, 6.45) is 5.52. The largest absolute Gasteiger partial charge is 0.475 e. The van der Waals surface area contributed by atoms with Gasteiger partial charge in [0.15, 0.2) is 28.2 Å². The van der Waals surface area contributed by atoms with Gasteiger partial charge in [-0.25, -0.2) is 28.9 Å². The topological polar surface area (TPSA) is 262 Å². The Labute approximate surface area is 326 Å². The van der Waals surface area contributed by atoms with Gasteiger partial charge in [-0.05, 0) is 24.3 Å². The third-order valence-electron chi connectivity index (χ3n) is 10.4. The maximum Gasteiger partial charge on any atom is 0.475 e. The molecule has 1 saturated carbocycles. The summed E-state index contributed by atoms with van der Waals surface area (Å²) in [5.41, 5.74) is 1.47. The van der Waals surface area contributed by atoms with Gasteiger partial charge in [0.2, 0.25) is 5.78 Å². The average molecular weight is 824 g/mol. The summed E-state index contributed by atoms with van der Waals surface area (Å²) in [5.74, 6) is -0.325. The first kappa shape index (κ1) is 38.7. The van der Waals surface area contributed by atoms with Crippen molar-refractivity contribution in [2.75, 3.05) is 26.4 Å². The van der Waals surface area contributed by atoms with Crippen LogP contribution < -0.4 is 5.56 Å². The molecule has 5 aromatic heterocycles. The molecular formula is C34H35ClN11O10P. The zero-order valence-corrected chi connectivity index (χ0v) is 31.6. The Balaban J connectivity index is 1.02. The quantitative estimate of drug-likeness (QED) is 0.0466. The number of phosphoric acid groups is 1. The second kappa shape index (κ2) is 16.0. The van der Waals surface area contributed by atoms with Gasteiger partial charge in [-0.2, -0.15) is 10.2 Å². The van der Waals surface area contributed by atoms with Crippen LogP contribution in [0.2, 0.25) is 5.15 Å². The molecule has 23 heteroatoms. The highest BCUT2D eigenvalue weighted by Gasteiger charge is 2.47. The van der Waals surface area contributed by atoms with Gasteiger partial charge in [0.05, 0.1) is 56.0 Å². The molecule has 1 aliphatic carbocycles. The van der Waals surface area contributed by atoms with Crippen molar-refractivity contribution in [3.05, 3.63) is 86.8 Å². The minimum atomic E-state index is -4.44. The van der Waals surface area contributed by atoms with Crippen LogP contribution >= 0.6 is 19.4 Å². The molecular weight excluding hydrogens is 789 g/mol. The number of nitro groups is 1. The Bertz CT molecular complexity index is 2590. The van der Waals surface area contributed by atoms with Crippen LogP contribution in [-0.4, -0.2) is 96.8 Å². The number of rotatable bonds is 16. The second-order valence-electron chi connectivity index (χ2n) is 13.7. The predicted molar refractivity (Wildman–Crippen MR) is 198 cm³/mol. The van der Waals surface area contributed by atoms with Gasteiger partial charge < -0.3 is 24.1 Å². The molecule has 6 aromatic rings. The lowest BCUT2D eigenvalue weighted by Gasteiger charge is -2.44. The first-order valence-electron chi connectivity index (χ1n) is 17.9. The van der Waals surface area contributed by atoms with Crippen LogP contribution in [0.1, 0.15) is 37.1 Å². The van der Waals surface area contributed by atoms with E-state index in [0.29, 0.717) is 30.6 Å². The van der Waals surface area contributed by atoms with Gasteiger partial charge in [0.1, 0.15) is 17.9 Å². The standard InChI is InChI=1S/C34H35ClN11O10P/c35-29-27-30(38-17-37-29)44(18-39-27)25-12-21(24(25)15-48)16-54-57(52,53-11-1-7-36)56-26-13-23(14-47)55-33(26)45-19-40-28-31(45)41-34-42(9-10-43(34)32(28)49)8-6-20-2-4-22(5-3-20)46(50)51/h2-5,9-10,17-19,21,23-26,33,47-48H,1,6,8,11-16H2/t21-,23+,24-,25-,26-,33?,57?/m1/s1. The number of imidazole rings is 3. The first-order valence-corrected chi connectivity index (χ1v) is 19.8. The number of aliphatic hydroxyl groups excluding tert-OH is 2. The number of nitrogens with zero attached hydrogens (tertiary/aromatic N) is 11. The molecule has 6 heterocycles. The van der Waals surface area contributed by atoms with Crippen LogP contribution in [0.3, 0.4) is 0 Å². The van der Waals surface area contributed by atoms with Crippen molar-refractivity contribution in [1.82, 2.24) is 43.0 Å². The zero-order chi connectivity index (χ0) is 39.8. The lowest BCUT2D eigenvalue weighted by molar-refractivity contribution is -0.384. The molecule has 1 aromatic carbocycles. The van der Waals surface area contributed by atoms with E-state index >= 15 is 0 Å². The van der Waals surface area contributed by atoms with Crippen molar-refractivity contribution in [3.8, 4) is 6.07 Å². The van der Waals surface area contributed by atoms with Gasteiger partial charge in [-0.1, -0.05) is 23.7 Å². The summed E-state index contributed by atoms with van der Waals surface area (Å²) in [6, 6.07) is 7.92. The van der Waals surface area contributed by atoms with E-state index < -0.39 is 43.3 Å². The number of halogens is 1. The summed E-state index contributed by atoms with van der Waals surface area (Å²) < 4.78 is 44.5. The smallest absolute Gasteiger partial charge is 0.396 e. The number of nitro benzene ring substituents is 1. The molecule has 57 heavy (non-hydrogen) atoms. The fraction of sp³-hybridized carbons (Fsp3) is 0.441. The Morgan fingerprint density at radius 3 is 2.58 bits per heavy atom. The molecule has 1 saturated heterocycles. The summed E-state index contributed by atoms with van der Waals surface area (Å²) in [5, 5.41) is 40.9. The van der Waals surface area contributed by atoms with Crippen LogP contribution in [0.15, 0.2) is 60.4 Å². The molecule has 2 unspecified atom stereocenters. The number of aryl methyl sites for hydroxylation is 2. The van der Waals surface area contributed by atoms with Gasteiger partial charge in [-0.15, -0.1) is 0 Å². The lowest BCUT2D eigenvalue weighted by Crippen LogP contribution is -2.43. The van der Waals surface area contributed by atoms with Crippen molar-refractivity contribution in [2.24, 2.45) is 11.8 Å². The highest BCUT2D eigenvalue weighted by Crippen LogP contribution is 2.56. The highest BCUT2D eigenvalue weighted by molar-refractivity contribution is 7.48. The number of aromatic nitrogens is 9. The average Bonchev–Trinajstić information content (AvgIpc) is 4.00. The lowest BCUT2D eigenvalue weighted by atomic mass is 9.70. The number of aliphatic hydroxyl groups is 2. The number of benzene rings is 1. The van der Waals surface area contributed by atoms with Gasteiger partial charge in [-0.3, -0.25) is 33.0 Å². The van der Waals surface area contributed by atoms with Crippen molar-refractivity contribution >= 4 is 53.2 Å². The van der Waals surface area contributed by atoms with E-state index in [1.807, 2.05) is 10.6 Å². The normalized spacial score (nSPS) is 23.2. The van der Waals surface area contributed by atoms with Gasteiger partial charge >= 0.3 is 7.82 Å². The van der Waals surface area contributed by atoms with Crippen molar-refractivity contribution in [3.63, 3.8) is 0 Å². The minimum absolute atomic E-state index is 0.0180. The molecule has 7 atom stereocenters. The Hall–Kier alpha value is -5.17. The predicted octanol–water partition coefficient (Wildman–Crippen LogP) is 3.38. The minimum Gasteiger partial charge on any atom is -0.396 e. The molecule has 0 bridgehead atoms.